The Bertz CT molecular complexity index is 554. The van der Waals surface area contributed by atoms with E-state index < -0.39 is 0 Å². The molecule has 0 radical (unpaired) electrons. The maximum Gasteiger partial charge on any atom is 0.220 e. The van der Waals surface area contributed by atoms with Gasteiger partial charge in [0.25, 0.3) is 0 Å². The molecule has 0 aliphatic heterocycles. The zero-order chi connectivity index (χ0) is 14.4. The Morgan fingerprint density at radius 3 is 2.85 bits per heavy atom. The molecule has 5 heteroatoms. The molecule has 106 valence electrons. The molecule has 4 nitrogen and oxygen atoms in total. The summed E-state index contributed by atoms with van der Waals surface area (Å²) in [6.45, 7) is 1.73. The normalized spacial score (nSPS) is 12.1. The van der Waals surface area contributed by atoms with E-state index in [1.165, 1.54) is 0 Å². The summed E-state index contributed by atoms with van der Waals surface area (Å²) >= 11 is 1.59. The van der Waals surface area contributed by atoms with Crippen molar-refractivity contribution in [2.45, 2.75) is 25.8 Å². The van der Waals surface area contributed by atoms with Crippen molar-refractivity contribution < 1.29 is 9.90 Å². The first-order valence-corrected chi connectivity index (χ1v) is 7.47. The number of amides is 1. The van der Waals surface area contributed by atoms with Crippen LogP contribution in [0.1, 0.15) is 19.0 Å². The number of rotatable bonds is 6. The monoisotopic (exact) mass is 290 g/mol. The van der Waals surface area contributed by atoms with E-state index in [1.54, 1.807) is 18.3 Å². The van der Waals surface area contributed by atoms with E-state index in [0.717, 1.165) is 16.3 Å². The molecule has 1 atom stereocenters. The van der Waals surface area contributed by atoms with Crippen LogP contribution >= 0.6 is 11.3 Å². The Morgan fingerprint density at radius 2 is 2.15 bits per heavy atom. The molecule has 0 saturated heterocycles. The van der Waals surface area contributed by atoms with E-state index in [2.05, 4.69) is 10.3 Å². The lowest BCUT2D eigenvalue weighted by Crippen LogP contribution is -2.35. The zero-order valence-corrected chi connectivity index (χ0v) is 12.2. The lowest BCUT2D eigenvalue weighted by Gasteiger charge is -2.09. The number of hydrogen-bond acceptors (Lipinski definition) is 4. The summed E-state index contributed by atoms with van der Waals surface area (Å²) in [6, 6.07) is 9.80. The number of carbonyl (C=O) groups excluding carboxylic acids is 1. The molecular weight excluding hydrogens is 272 g/mol. The zero-order valence-electron chi connectivity index (χ0n) is 11.4. The number of nitrogens with one attached hydrogen (secondary N) is 1. The standard InChI is InChI=1S/C15H18N2O2S/c1-11(9-18)16-14(19)8-7-13-10-20-15(17-13)12-5-3-2-4-6-12/h2-6,10-11,18H,7-9H2,1H3,(H,16,19). The number of aromatic nitrogens is 1. The van der Waals surface area contributed by atoms with Gasteiger partial charge >= 0.3 is 0 Å². The number of hydrogen-bond donors (Lipinski definition) is 2. The van der Waals surface area contributed by atoms with Gasteiger partial charge in [0.2, 0.25) is 5.91 Å². The highest BCUT2D eigenvalue weighted by Gasteiger charge is 2.09. The average molecular weight is 290 g/mol. The SMILES string of the molecule is CC(CO)NC(=O)CCc1csc(-c2ccccc2)n1. The van der Waals surface area contributed by atoms with Crippen LogP contribution in [0, 0.1) is 0 Å². The Hall–Kier alpha value is -1.72. The number of aliphatic hydroxyl groups excluding tert-OH is 1. The molecule has 1 aromatic heterocycles. The van der Waals surface area contributed by atoms with Crippen LogP contribution in [0.25, 0.3) is 10.6 Å². The molecule has 0 saturated carbocycles. The maximum atomic E-state index is 11.6. The number of aliphatic hydroxyl groups is 1. The van der Waals surface area contributed by atoms with Crippen molar-refractivity contribution in [3.05, 3.63) is 41.4 Å². The van der Waals surface area contributed by atoms with Crippen LogP contribution in [0.5, 0.6) is 0 Å². The topological polar surface area (TPSA) is 62.2 Å². The van der Waals surface area contributed by atoms with Gasteiger partial charge in [-0.2, -0.15) is 0 Å². The second-order valence-corrected chi connectivity index (χ2v) is 5.52. The van der Waals surface area contributed by atoms with Crippen molar-refractivity contribution in [2.24, 2.45) is 0 Å². The minimum absolute atomic E-state index is 0.0411. The van der Waals surface area contributed by atoms with E-state index in [1.807, 2.05) is 35.7 Å². The van der Waals surface area contributed by atoms with Crippen LogP contribution in [0.4, 0.5) is 0 Å². The highest BCUT2D eigenvalue weighted by Crippen LogP contribution is 2.23. The summed E-state index contributed by atoms with van der Waals surface area (Å²) in [7, 11) is 0. The Balaban J connectivity index is 1.89. The van der Waals surface area contributed by atoms with Gasteiger partial charge in [0.05, 0.1) is 12.3 Å². The summed E-state index contributed by atoms with van der Waals surface area (Å²) in [4.78, 5) is 16.2. The molecule has 0 bridgehead atoms. The van der Waals surface area contributed by atoms with Gasteiger partial charge in [-0.15, -0.1) is 11.3 Å². The number of aryl methyl sites for hydroxylation is 1. The van der Waals surface area contributed by atoms with Gasteiger partial charge in [-0.3, -0.25) is 4.79 Å². The minimum Gasteiger partial charge on any atom is -0.394 e. The number of benzene rings is 1. The van der Waals surface area contributed by atoms with Crippen LogP contribution in [0.2, 0.25) is 0 Å². The predicted molar refractivity (Wildman–Crippen MR) is 80.6 cm³/mol. The quantitative estimate of drug-likeness (QED) is 0.857. The third-order valence-electron chi connectivity index (χ3n) is 2.86. The highest BCUT2D eigenvalue weighted by molar-refractivity contribution is 7.13. The third kappa shape index (κ3) is 4.15. The maximum absolute atomic E-state index is 11.6. The molecule has 2 aromatic rings. The summed E-state index contributed by atoms with van der Waals surface area (Å²) in [5.41, 5.74) is 2.03. The smallest absolute Gasteiger partial charge is 0.220 e. The largest absolute Gasteiger partial charge is 0.394 e. The first-order chi connectivity index (χ1) is 9.69. The molecule has 0 fully saturated rings. The van der Waals surface area contributed by atoms with Gasteiger partial charge in [0, 0.05) is 23.4 Å². The van der Waals surface area contributed by atoms with Crippen molar-refractivity contribution in [2.75, 3.05) is 6.61 Å². The first kappa shape index (κ1) is 14.7. The lowest BCUT2D eigenvalue weighted by atomic mass is 10.2. The predicted octanol–water partition coefficient (Wildman–Crippen LogP) is 2.24. The second-order valence-electron chi connectivity index (χ2n) is 4.66. The minimum atomic E-state index is -0.196. The van der Waals surface area contributed by atoms with Crippen LogP contribution in [-0.4, -0.2) is 28.6 Å². The van der Waals surface area contributed by atoms with Crippen LogP contribution < -0.4 is 5.32 Å². The van der Waals surface area contributed by atoms with E-state index in [4.69, 9.17) is 5.11 Å². The van der Waals surface area contributed by atoms with Crippen molar-refractivity contribution in [3.63, 3.8) is 0 Å². The average Bonchev–Trinajstić information content (AvgIpc) is 2.95. The van der Waals surface area contributed by atoms with E-state index in [-0.39, 0.29) is 18.6 Å². The molecule has 2 rings (SSSR count). The summed E-state index contributed by atoms with van der Waals surface area (Å²) < 4.78 is 0. The van der Waals surface area contributed by atoms with Gasteiger partial charge in [0.15, 0.2) is 0 Å². The molecule has 1 unspecified atom stereocenters. The molecule has 0 aliphatic carbocycles. The van der Waals surface area contributed by atoms with Crippen molar-refractivity contribution >= 4 is 17.2 Å². The summed E-state index contributed by atoms with van der Waals surface area (Å²) in [5.74, 6) is -0.0548. The fraction of sp³-hybridized carbons (Fsp3) is 0.333. The molecule has 2 N–H and O–H groups in total. The number of thiazole rings is 1. The van der Waals surface area contributed by atoms with Crippen LogP contribution in [0.15, 0.2) is 35.7 Å². The van der Waals surface area contributed by atoms with Gasteiger partial charge in [-0.1, -0.05) is 30.3 Å². The Morgan fingerprint density at radius 1 is 1.40 bits per heavy atom. The highest BCUT2D eigenvalue weighted by atomic mass is 32.1. The van der Waals surface area contributed by atoms with Crippen LogP contribution in [0.3, 0.4) is 0 Å². The van der Waals surface area contributed by atoms with Gasteiger partial charge < -0.3 is 10.4 Å². The molecule has 1 heterocycles. The summed E-state index contributed by atoms with van der Waals surface area (Å²) in [5, 5.41) is 14.6. The molecule has 1 amide bonds. The van der Waals surface area contributed by atoms with Gasteiger partial charge in [-0.25, -0.2) is 4.98 Å². The van der Waals surface area contributed by atoms with Gasteiger partial charge in [0.1, 0.15) is 5.01 Å². The number of carbonyl (C=O) groups is 1. The molecular formula is C15H18N2O2S. The van der Waals surface area contributed by atoms with Crippen LogP contribution in [-0.2, 0) is 11.2 Å². The van der Waals surface area contributed by atoms with E-state index >= 15 is 0 Å². The Kier molecular flexibility index (Phi) is 5.26. The van der Waals surface area contributed by atoms with Crippen molar-refractivity contribution in [1.82, 2.24) is 10.3 Å². The third-order valence-corrected chi connectivity index (χ3v) is 3.80. The fourth-order valence-corrected chi connectivity index (χ4v) is 2.63. The van der Waals surface area contributed by atoms with Crippen molar-refractivity contribution in [3.8, 4) is 10.6 Å². The van der Waals surface area contributed by atoms with Gasteiger partial charge in [-0.05, 0) is 13.3 Å². The lowest BCUT2D eigenvalue weighted by molar-refractivity contribution is -0.121. The first-order valence-electron chi connectivity index (χ1n) is 6.59. The molecule has 20 heavy (non-hydrogen) atoms. The molecule has 0 aliphatic rings. The van der Waals surface area contributed by atoms with E-state index in [0.29, 0.717) is 12.8 Å². The molecule has 1 aromatic carbocycles. The van der Waals surface area contributed by atoms with Crippen molar-refractivity contribution in [1.29, 1.82) is 0 Å². The fourth-order valence-electron chi connectivity index (χ4n) is 1.77. The Labute approximate surface area is 122 Å². The number of nitrogens with zero attached hydrogens (tertiary/aromatic N) is 1. The summed E-state index contributed by atoms with van der Waals surface area (Å²) in [6.07, 6.45) is 1.01. The second kappa shape index (κ2) is 7.17. The molecule has 0 spiro atoms. The van der Waals surface area contributed by atoms with E-state index in [9.17, 15) is 4.79 Å².